The van der Waals surface area contributed by atoms with E-state index in [0.29, 0.717) is 24.4 Å². The van der Waals surface area contributed by atoms with E-state index in [1.54, 1.807) is 12.0 Å². The molecule has 0 radical (unpaired) electrons. The van der Waals surface area contributed by atoms with Crippen molar-refractivity contribution in [1.29, 1.82) is 0 Å². The van der Waals surface area contributed by atoms with Crippen LogP contribution in [0.5, 0.6) is 5.75 Å². The second kappa shape index (κ2) is 7.23. The third kappa shape index (κ3) is 3.30. The van der Waals surface area contributed by atoms with Crippen molar-refractivity contribution in [3.05, 3.63) is 54.1 Å². The monoisotopic (exact) mass is 363 g/mol. The molecular weight excluding hydrogens is 342 g/mol. The van der Waals surface area contributed by atoms with Gasteiger partial charge in [0.2, 0.25) is 5.91 Å². The summed E-state index contributed by atoms with van der Waals surface area (Å²) < 4.78 is 5.30. The number of hydrazone groups is 1. The van der Waals surface area contributed by atoms with Crippen molar-refractivity contribution in [3.8, 4) is 5.75 Å². The molecule has 0 bridgehead atoms. The SMILES string of the molecule is COc1ccc2c(c1)CCCN2C(=O)C1=NN(c2ccccc2)C(=O)CC1. The van der Waals surface area contributed by atoms with E-state index in [1.165, 1.54) is 5.01 Å². The molecule has 27 heavy (non-hydrogen) atoms. The van der Waals surface area contributed by atoms with Gasteiger partial charge < -0.3 is 9.64 Å². The molecule has 0 saturated heterocycles. The van der Waals surface area contributed by atoms with Gasteiger partial charge in [-0.3, -0.25) is 9.59 Å². The first-order valence-corrected chi connectivity index (χ1v) is 9.11. The van der Waals surface area contributed by atoms with Crippen LogP contribution in [0.25, 0.3) is 0 Å². The summed E-state index contributed by atoms with van der Waals surface area (Å²) in [6, 6.07) is 15.0. The van der Waals surface area contributed by atoms with Gasteiger partial charge in [-0.2, -0.15) is 5.10 Å². The van der Waals surface area contributed by atoms with E-state index in [2.05, 4.69) is 5.10 Å². The number of hydrogen-bond donors (Lipinski definition) is 0. The molecule has 2 aromatic rings. The van der Waals surface area contributed by atoms with Gasteiger partial charge in [-0.1, -0.05) is 18.2 Å². The van der Waals surface area contributed by atoms with Crippen molar-refractivity contribution >= 4 is 28.9 Å². The van der Waals surface area contributed by atoms with Gasteiger partial charge in [-0.25, -0.2) is 5.01 Å². The Morgan fingerprint density at radius 3 is 2.67 bits per heavy atom. The summed E-state index contributed by atoms with van der Waals surface area (Å²) in [4.78, 5) is 27.2. The van der Waals surface area contributed by atoms with Crippen molar-refractivity contribution in [2.24, 2.45) is 5.10 Å². The van der Waals surface area contributed by atoms with Crippen LogP contribution in [-0.2, 0) is 16.0 Å². The highest BCUT2D eigenvalue weighted by molar-refractivity contribution is 6.44. The number of carbonyl (C=O) groups is 2. The van der Waals surface area contributed by atoms with E-state index in [9.17, 15) is 9.59 Å². The van der Waals surface area contributed by atoms with Crippen LogP contribution < -0.4 is 14.6 Å². The molecule has 4 rings (SSSR count). The molecule has 0 aromatic heterocycles. The topological polar surface area (TPSA) is 62.2 Å². The van der Waals surface area contributed by atoms with E-state index in [0.717, 1.165) is 29.8 Å². The standard InChI is InChI=1S/C21H21N3O3/c1-27-17-9-11-19-15(14-17)6-5-13-23(19)21(26)18-10-12-20(25)24(22-18)16-7-3-2-4-8-16/h2-4,7-9,11,14H,5-6,10,12-13H2,1H3. The summed E-state index contributed by atoms with van der Waals surface area (Å²) in [6.07, 6.45) is 2.45. The maximum absolute atomic E-state index is 13.2. The number of methoxy groups -OCH3 is 1. The average Bonchev–Trinajstić information content (AvgIpc) is 2.73. The summed E-state index contributed by atoms with van der Waals surface area (Å²) in [6.45, 7) is 0.649. The Morgan fingerprint density at radius 2 is 1.89 bits per heavy atom. The molecule has 0 fully saturated rings. The quantitative estimate of drug-likeness (QED) is 0.842. The van der Waals surface area contributed by atoms with Crippen LogP contribution in [0.3, 0.4) is 0 Å². The highest BCUT2D eigenvalue weighted by Gasteiger charge is 2.31. The number of anilines is 2. The molecular formula is C21H21N3O3. The molecule has 0 saturated carbocycles. The highest BCUT2D eigenvalue weighted by Crippen LogP contribution is 2.31. The summed E-state index contributed by atoms with van der Waals surface area (Å²) in [5.41, 5.74) is 3.10. The number of nitrogens with zero attached hydrogens (tertiary/aromatic N) is 3. The number of benzene rings is 2. The Bertz CT molecular complexity index is 908. The number of amides is 2. The Hall–Kier alpha value is -3.15. The lowest BCUT2D eigenvalue weighted by molar-refractivity contribution is -0.118. The van der Waals surface area contributed by atoms with Crippen molar-refractivity contribution in [2.45, 2.75) is 25.7 Å². The maximum atomic E-state index is 13.2. The van der Waals surface area contributed by atoms with Crippen LogP contribution in [0.1, 0.15) is 24.8 Å². The molecule has 6 nitrogen and oxygen atoms in total. The van der Waals surface area contributed by atoms with Crippen molar-refractivity contribution < 1.29 is 14.3 Å². The first kappa shape index (κ1) is 17.3. The third-order valence-corrected chi connectivity index (χ3v) is 4.93. The zero-order valence-electron chi connectivity index (χ0n) is 15.2. The predicted molar refractivity (Wildman–Crippen MR) is 104 cm³/mol. The summed E-state index contributed by atoms with van der Waals surface area (Å²) >= 11 is 0. The summed E-state index contributed by atoms with van der Waals surface area (Å²) in [7, 11) is 1.64. The highest BCUT2D eigenvalue weighted by atomic mass is 16.5. The minimum absolute atomic E-state index is 0.0958. The second-order valence-electron chi connectivity index (χ2n) is 6.64. The van der Waals surface area contributed by atoms with E-state index < -0.39 is 0 Å². The molecule has 2 heterocycles. The fraction of sp³-hybridized carbons (Fsp3) is 0.286. The maximum Gasteiger partial charge on any atom is 0.274 e. The molecule has 6 heteroatoms. The van der Waals surface area contributed by atoms with Gasteiger partial charge in [-0.15, -0.1) is 0 Å². The van der Waals surface area contributed by atoms with E-state index in [4.69, 9.17) is 4.74 Å². The molecule has 0 aliphatic carbocycles. The summed E-state index contributed by atoms with van der Waals surface area (Å²) in [5, 5.41) is 5.74. The van der Waals surface area contributed by atoms with Crippen LogP contribution in [0.15, 0.2) is 53.6 Å². The zero-order valence-corrected chi connectivity index (χ0v) is 15.2. The molecule has 0 atom stereocenters. The zero-order chi connectivity index (χ0) is 18.8. The van der Waals surface area contributed by atoms with Crippen molar-refractivity contribution in [2.75, 3.05) is 23.6 Å². The van der Waals surface area contributed by atoms with Crippen LogP contribution in [-0.4, -0.2) is 31.2 Å². The Labute approximate surface area is 158 Å². The van der Waals surface area contributed by atoms with Gasteiger partial charge in [0.25, 0.3) is 5.91 Å². The number of rotatable bonds is 3. The molecule has 2 aliphatic heterocycles. The van der Waals surface area contributed by atoms with Gasteiger partial charge in [0.1, 0.15) is 11.5 Å². The van der Waals surface area contributed by atoms with E-state index >= 15 is 0 Å². The lowest BCUT2D eigenvalue weighted by Crippen LogP contribution is -2.43. The normalized spacial score (nSPS) is 16.6. The molecule has 138 valence electrons. The van der Waals surface area contributed by atoms with Crippen LogP contribution in [0.2, 0.25) is 0 Å². The molecule has 2 amide bonds. The Kier molecular flexibility index (Phi) is 4.62. The van der Waals surface area contributed by atoms with Gasteiger partial charge in [0, 0.05) is 25.1 Å². The fourth-order valence-corrected chi connectivity index (χ4v) is 3.55. The van der Waals surface area contributed by atoms with E-state index in [1.807, 2.05) is 48.5 Å². The van der Waals surface area contributed by atoms with E-state index in [-0.39, 0.29) is 18.2 Å². The molecule has 0 spiro atoms. The number of hydrogen-bond acceptors (Lipinski definition) is 4. The van der Waals surface area contributed by atoms with Gasteiger partial charge in [-0.05, 0) is 48.7 Å². The minimum Gasteiger partial charge on any atom is -0.497 e. The Morgan fingerprint density at radius 1 is 1.07 bits per heavy atom. The van der Waals surface area contributed by atoms with Crippen LogP contribution in [0, 0.1) is 0 Å². The number of fused-ring (bicyclic) bond motifs is 1. The number of para-hydroxylation sites is 1. The lowest BCUT2D eigenvalue weighted by atomic mass is 10.00. The third-order valence-electron chi connectivity index (χ3n) is 4.93. The second-order valence-corrected chi connectivity index (χ2v) is 6.64. The molecule has 0 unspecified atom stereocenters. The smallest absolute Gasteiger partial charge is 0.274 e. The largest absolute Gasteiger partial charge is 0.497 e. The summed E-state index contributed by atoms with van der Waals surface area (Å²) in [5.74, 6) is 0.565. The molecule has 2 aromatic carbocycles. The predicted octanol–water partition coefficient (Wildman–Crippen LogP) is 3.16. The minimum atomic E-state index is -0.130. The molecule has 0 N–H and O–H groups in total. The van der Waals surface area contributed by atoms with Gasteiger partial charge >= 0.3 is 0 Å². The van der Waals surface area contributed by atoms with Crippen LogP contribution in [0.4, 0.5) is 11.4 Å². The Balaban J connectivity index is 1.64. The van der Waals surface area contributed by atoms with Crippen molar-refractivity contribution in [3.63, 3.8) is 0 Å². The van der Waals surface area contributed by atoms with Gasteiger partial charge in [0.15, 0.2) is 0 Å². The first-order valence-electron chi connectivity index (χ1n) is 9.11. The fourth-order valence-electron chi connectivity index (χ4n) is 3.55. The average molecular weight is 363 g/mol. The number of carbonyl (C=O) groups excluding carboxylic acids is 2. The lowest BCUT2D eigenvalue weighted by Gasteiger charge is -2.31. The number of ether oxygens (including phenoxy) is 1. The molecule has 2 aliphatic rings. The van der Waals surface area contributed by atoms with Gasteiger partial charge in [0.05, 0.1) is 12.8 Å². The number of aryl methyl sites for hydroxylation is 1. The first-order chi connectivity index (χ1) is 13.2. The van der Waals surface area contributed by atoms with Crippen LogP contribution >= 0.6 is 0 Å². The van der Waals surface area contributed by atoms with Crippen molar-refractivity contribution in [1.82, 2.24) is 0 Å².